The first kappa shape index (κ1) is 13.4. The Balaban J connectivity index is 2.33. The van der Waals surface area contributed by atoms with E-state index >= 15 is 0 Å². The van der Waals surface area contributed by atoms with Gasteiger partial charge in [0, 0.05) is 27.1 Å². The highest BCUT2D eigenvalue weighted by molar-refractivity contribution is 7.99. The van der Waals surface area contributed by atoms with Gasteiger partial charge in [-0.25, -0.2) is 8.78 Å². The molecule has 2 aromatic carbocycles. The summed E-state index contributed by atoms with van der Waals surface area (Å²) in [6.45, 7) is 0. The molecular weight excluding hydrogens is 268 g/mol. The van der Waals surface area contributed by atoms with Crippen LogP contribution in [0, 0.1) is 17.0 Å². The van der Waals surface area contributed by atoms with Crippen LogP contribution < -0.4 is 11.5 Å². The molecule has 0 aliphatic rings. The molecule has 2 rings (SSSR count). The van der Waals surface area contributed by atoms with Crippen LogP contribution in [0.1, 0.15) is 5.56 Å². The van der Waals surface area contributed by atoms with Gasteiger partial charge in [-0.05, 0) is 30.3 Å². The van der Waals surface area contributed by atoms with Crippen LogP contribution in [-0.2, 0) is 0 Å². The molecule has 3 nitrogen and oxygen atoms in total. The largest absolute Gasteiger partial charge is 0.398 e. The topological polar surface area (TPSA) is 75.9 Å². The van der Waals surface area contributed by atoms with E-state index in [1.165, 1.54) is 23.9 Å². The van der Waals surface area contributed by atoms with Crippen molar-refractivity contribution in [3.05, 3.63) is 53.6 Å². The van der Waals surface area contributed by atoms with Crippen LogP contribution in [0.25, 0.3) is 0 Å². The van der Waals surface area contributed by atoms with Crippen molar-refractivity contribution in [1.82, 2.24) is 0 Å². The molecule has 0 aliphatic heterocycles. The van der Waals surface area contributed by atoms with Crippen molar-refractivity contribution in [2.75, 3.05) is 5.73 Å². The number of benzene rings is 2. The van der Waals surface area contributed by atoms with E-state index in [9.17, 15) is 8.78 Å². The smallest absolute Gasteiger partial charge is 0.127 e. The summed E-state index contributed by atoms with van der Waals surface area (Å²) in [6.07, 6.45) is 0. The van der Waals surface area contributed by atoms with Crippen molar-refractivity contribution in [3.63, 3.8) is 0 Å². The second kappa shape index (κ2) is 5.27. The van der Waals surface area contributed by atoms with Crippen molar-refractivity contribution >= 4 is 23.3 Å². The quantitative estimate of drug-likeness (QED) is 0.459. The Morgan fingerprint density at radius 3 is 2.21 bits per heavy atom. The number of amidine groups is 1. The van der Waals surface area contributed by atoms with E-state index in [0.29, 0.717) is 21.0 Å². The highest BCUT2D eigenvalue weighted by atomic mass is 32.2. The second-order valence-electron chi connectivity index (χ2n) is 3.87. The standard InChI is InChI=1S/C13H11F2N3S/c14-7-3-8(15)5-10(4-7)19-9-1-2-12(16)11(6-9)13(17)18/h1-6H,16H2,(H3,17,18). The van der Waals surface area contributed by atoms with Crippen molar-refractivity contribution in [2.24, 2.45) is 5.73 Å². The van der Waals surface area contributed by atoms with Crippen molar-refractivity contribution in [3.8, 4) is 0 Å². The molecule has 0 spiro atoms. The summed E-state index contributed by atoms with van der Waals surface area (Å²) < 4.78 is 26.1. The lowest BCUT2D eigenvalue weighted by Gasteiger charge is -2.07. The molecule has 5 N–H and O–H groups in total. The number of anilines is 1. The van der Waals surface area contributed by atoms with Crippen LogP contribution in [0.5, 0.6) is 0 Å². The first-order valence-corrected chi connectivity index (χ1v) is 6.15. The van der Waals surface area contributed by atoms with Crippen LogP contribution in [0.4, 0.5) is 14.5 Å². The number of nitrogens with two attached hydrogens (primary N) is 2. The van der Waals surface area contributed by atoms with Gasteiger partial charge in [0.05, 0.1) is 0 Å². The molecule has 0 aliphatic carbocycles. The minimum Gasteiger partial charge on any atom is -0.398 e. The Kier molecular flexibility index (Phi) is 3.71. The van der Waals surface area contributed by atoms with E-state index in [1.807, 2.05) is 0 Å². The number of halogens is 2. The molecule has 98 valence electrons. The summed E-state index contributed by atoms with van der Waals surface area (Å²) >= 11 is 1.17. The summed E-state index contributed by atoms with van der Waals surface area (Å²) in [7, 11) is 0. The summed E-state index contributed by atoms with van der Waals surface area (Å²) in [6, 6.07) is 8.21. The zero-order chi connectivity index (χ0) is 14.0. The fourth-order valence-electron chi connectivity index (χ4n) is 1.56. The molecule has 2 aromatic rings. The van der Waals surface area contributed by atoms with Crippen LogP contribution in [0.2, 0.25) is 0 Å². The van der Waals surface area contributed by atoms with Gasteiger partial charge in [0.1, 0.15) is 17.5 Å². The molecule has 0 unspecified atom stereocenters. The molecule has 0 radical (unpaired) electrons. The number of nitrogen functional groups attached to an aromatic ring is 2. The first-order valence-electron chi connectivity index (χ1n) is 5.33. The molecule has 6 heteroatoms. The van der Waals surface area contributed by atoms with Gasteiger partial charge in [0.2, 0.25) is 0 Å². The third-order valence-corrected chi connectivity index (χ3v) is 3.35. The lowest BCUT2D eigenvalue weighted by molar-refractivity contribution is 0.577. The molecule has 0 bridgehead atoms. The molecule has 19 heavy (non-hydrogen) atoms. The number of hydrogen-bond acceptors (Lipinski definition) is 3. The molecule has 0 saturated carbocycles. The number of nitrogens with one attached hydrogen (secondary N) is 1. The van der Waals surface area contributed by atoms with Gasteiger partial charge in [-0.1, -0.05) is 11.8 Å². The molecular formula is C13H11F2N3S. The maximum Gasteiger partial charge on any atom is 0.127 e. The molecule has 0 fully saturated rings. The van der Waals surface area contributed by atoms with Crippen molar-refractivity contribution < 1.29 is 8.78 Å². The van der Waals surface area contributed by atoms with Gasteiger partial charge < -0.3 is 11.5 Å². The zero-order valence-electron chi connectivity index (χ0n) is 9.78. The Hall–Kier alpha value is -2.08. The number of rotatable bonds is 3. The Morgan fingerprint density at radius 2 is 1.63 bits per heavy atom. The average molecular weight is 279 g/mol. The maximum atomic E-state index is 13.1. The van der Waals surface area contributed by atoms with Gasteiger partial charge in [0.15, 0.2) is 0 Å². The van der Waals surface area contributed by atoms with Gasteiger partial charge in [-0.3, -0.25) is 5.41 Å². The molecule has 0 atom stereocenters. The second-order valence-corrected chi connectivity index (χ2v) is 5.02. The third-order valence-electron chi connectivity index (χ3n) is 2.39. The molecule has 0 saturated heterocycles. The Labute approximate surface area is 113 Å². The van der Waals surface area contributed by atoms with Crippen LogP contribution in [0.3, 0.4) is 0 Å². The van der Waals surface area contributed by atoms with Gasteiger partial charge in [-0.15, -0.1) is 0 Å². The van der Waals surface area contributed by atoms with Crippen molar-refractivity contribution in [2.45, 2.75) is 9.79 Å². The normalized spacial score (nSPS) is 10.4. The average Bonchev–Trinajstić information content (AvgIpc) is 2.30. The molecule has 0 amide bonds. The minimum absolute atomic E-state index is 0.148. The highest BCUT2D eigenvalue weighted by Gasteiger charge is 2.07. The minimum atomic E-state index is -0.635. The Morgan fingerprint density at radius 1 is 1.00 bits per heavy atom. The lowest BCUT2D eigenvalue weighted by Crippen LogP contribution is -2.13. The maximum absolute atomic E-state index is 13.1. The van der Waals surface area contributed by atoms with Crippen LogP contribution in [0.15, 0.2) is 46.2 Å². The van der Waals surface area contributed by atoms with Gasteiger partial charge in [0.25, 0.3) is 0 Å². The van der Waals surface area contributed by atoms with Crippen LogP contribution >= 0.6 is 11.8 Å². The van der Waals surface area contributed by atoms with Crippen molar-refractivity contribution in [1.29, 1.82) is 5.41 Å². The Bertz CT molecular complexity index is 624. The van der Waals surface area contributed by atoms with E-state index in [0.717, 1.165) is 6.07 Å². The van der Waals surface area contributed by atoms with Crippen LogP contribution in [-0.4, -0.2) is 5.84 Å². The van der Waals surface area contributed by atoms with E-state index in [1.54, 1.807) is 18.2 Å². The fourth-order valence-corrected chi connectivity index (χ4v) is 2.48. The summed E-state index contributed by atoms with van der Waals surface area (Å²) in [5.41, 5.74) is 11.9. The summed E-state index contributed by atoms with van der Waals surface area (Å²) in [5, 5.41) is 7.39. The summed E-state index contributed by atoms with van der Waals surface area (Å²) in [5.74, 6) is -1.42. The van der Waals surface area contributed by atoms with E-state index in [2.05, 4.69) is 0 Å². The monoisotopic (exact) mass is 279 g/mol. The third kappa shape index (κ3) is 3.23. The summed E-state index contributed by atoms with van der Waals surface area (Å²) in [4.78, 5) is 1.13. The van der Waals surface area contributed by atoms with E-state index in [-0.39, 0.29) is 5.84 Å². The molecule has 0 heterocycles. The lowest BCUT2D eigenvalue weighted by atomic mass is 10.2. The van der Waals surface area contributed by atoms with E-state index in [4.69, 9.17) is 16.9 Å². The number of hydrogen-bond donors (Lipinski definition) is 3. The highest BCUT2D eigenvalue weighted by Crippen LogP contribution is 2.30. The van der Waals surface area contributed by atoms with Gasteiger partial charge >= 0.3 is 0 Å². The zero-order valence-corrected chi connectivity index (χ0v) is 10.6. The predicted molar refractivity (Wildman–Crippen MR) is 72.4 cm³/mol. The fraction of sp³-hybridized carbons (Fsp3) is 0. The predicted octanol–water partition coefficient (Wildman–Crippen LogP) is 2.98. The first-order chi connectivity index (χ1) is 8.95. The van der Waals surface area contributed by atoms with E-state index < -0.39 is 11.6 Å². The SMILES string of the molecule is N=C(N)c1cc(Sc2cc(F)cc(F)c2)ccc1N. The molecule has 0 aromatic heterocycles. The van der Waals surface area contributed by atoms with Gasteiger partial charge in [-0.2, -0.15) is 0 Å².